The van der Waals surface area contributed by atoms with Gasteiger partial charge in [0.15, 0.2) is 0 Å². The summed E-state index contributed by atoms with van der Waals surface area (Å²) in [6, 6.07) is 2.84. The molecule has 5 heteroatoms. The molecule has 1 aliphatic rings. The van der Waals surface area contributed by atoms with Crippen molar-refractivity contribution < 1.29 is 13.5 Å². The van der Waals surface area contributed by atoms with Crippen molar-refractivity contribution in [2.24, 2.45) is 0 Å². The standard InChI is InChI=1S/C16H24F2N2O/c1-16(2,3)19-11-12-9-13(17)15(14(18)10-12)20-5-4-7-21-8-6-20/h9-10,19H,4-8,11H2,1-3H3. The molecule has 0 amide bonds. The van der Waals surface area contributed by atoms with E-state index in [1.807, 2.05) is 20.8 Å². The topological polar surface area (TPSA) is 24.5 Å². The van der Waals surface area contributed by atoms with Gasteiger partial charge in [0.25, 0.3) is 0 Å². The van der Waals surface area contributed by atoms with E-state index < -0.39 is 11.6 Å². The summed E-state index contributed by atoms with van der Waals surface area (Å²) in [6.07, 6.45) is 0.784. The molecule has 21 heavy (non-hydrogen) atoms. The van der Waals surface area contributed by atoms with E-state index in [2.05, 4.69) is 5.32 Å². The fraction of sp³-hybridized carbons (Fsp3) is 0.625. The van der Waals surface area contributed by atoms with Gasteiger partial charge in [-0.15, -0.1) is 0 Å². The third-order valence-corrected chi connectivity index (χ3v) is 3.44. The van der Waals surface area contributed by atoms with E-state index >= 15 is 0 Å². The molecule has 1 aromatic carbocycles. The molecule has 1 saturated heterocycles. The first kappa shape index (κ1) is 16.2. The van der Waals surface area contributed by atoms with Crippen molar-refractivity contribution in [2.75, 3.05) is 31.2 Å². The summed E-state index contributed by atoms with van der Waals surface area (Å²) in [4.78, 5) is 1.73. The Labute approximate surface area is 125 Å². The lowest BCUT2D eigenvalue weighted by Crippen LogP contribution is -2.35. The molecule has 1 aliphatic heterocycles. The van der Waals surface area contributed by atoms with Crippen molar-refractivity contribution >= 4 is 5.69 Å². The molecular formula is C16H24F2N2O. The largest absolute Gasteiger partial charge is 0.380 e. The zero-order chi connectivity index (χ0) is 15.5. The van der Waals surface area contributed by atoms with Crippen LogP contribution in [-0.4, -0.2) is 31.8 Å². The van der Waals surface area contributed by atoms with E-state index in [0.717, 1.165) is 6.42 Å². The van der Waals surface area contributed by atoms with Gasteiger partial charge in [-0.1, -0.05) is 0 Å². The second kappa shape index (κ2) is 6.71. The first-order chi connectivity index (χ1) is 9.87. The van der Waals surface area contributed by atoms with Crippen LogP contribution in [0.2, 0.25) is 0 Å². The van der Waals surface area contributed by atoms with Crippen molar-refractivity contribution in [3.63, 3.8) is 0 Å². The van der Waals surface area contributed by atoms with Crippen LogP contribution in [0.4, 0.5) is 14.5 Å². The normalized spacial score (nSPS) is 16.9. The summed E-state index contributed by atoms with van der Waals surface area (Å²) < 4.78 is 33.9. The van der Waals surface area contributed by atoms with E-state index in [9.17, 15) is 8.78 Å². The van der Waals surface area contributed by atoms with Crippen molar-refractivity contribution in [3.05, 3.63) is 29.3 Å². The van der Waals surface area contributed by atoms with Crippen LogP contribution in [0, 0.1) is 11.6 Å². The van der Waals surface area contributed by atoms with Crippen LogP contribution in [0.1, 0.15) is 32.8 Å². The highest BCUT2D eigenvalue weighted by Gasteiger charge is 2.20. The zero-order valence-corrected chi connectivity index (χ0v) is 13.0. The second-order valence-electron chi connectivity index (χ2n) is 6.46. The minimum atomic E-state index is -0.498. The fourth-order valence-corrected chi connectivity index (χ4v) is 2.36. The SMILES string of the molecule is CC(C)(C)NCc1cc(F)c(N2CCCOCC2)c(F)c1. The van der Waals surface area contributed by atoms with Crippen LogP contribution in [-0.2, 0) is 11.3 Å². The summed E-state index contributed by atoms with van der Waals surface area (Å²) in [5.74, 6) is -0.995. The Bertz CT molecular complexity index is 455. The third-order valence-electron chi connectivity index (χ3n) is 3.44. The van der Waals surface area contributed by atoms with Gasteiger partial charge in [0.2, 0.25) is 0 Å². The Balaban J connectivity index is 2.16. The molecular weight excluding hydrogens is 274 g/mol. The van der Waals surface area contributed by atoms with Gasteiger partial charge in [0, 0.05) is 31.8 Å². The molecule has 1 heterocycles. The first-order valence-corrected chi connectivity index (χ1v) is 7.42. The molecule has 0 unspecified atom stereocenters. The van der Waals surface area contributed by atoms with E-state index in [-0.39, 0.29) is 11.2 Å². The summed E-state index contributed by atoms with van der Waals surface area (Å²) >= 11 is 0. The number of hydrogen-bond donors (Lipinski definition) is 1. The van der Waals surface area contributed by atoms with Gasteiger partial charge >= 0.3 is 0 Å². The number of nitrogens with zero attached hydrogens (tertiary/aromatic N) is 1. The number of halogens is 2. The molecule has 118 valence electrons. The van der Waals surface area contributed by atoms with Crippen molar-refractivity contribution in [3.8, 4) is 0 Å². The lowest BCUT2D eigenvalue weighted by Gasteiger charge is -2.24. The number of hydrogen-bond acceptors (Lipinski definition) is 3. The van der Waals surface area contributed by atoms with E-state index in [1.54, 1.807) is 4.90 Å². The number of anilines is 1. The summed E-state index contributed by atoms with van der Waals surface area (Å²) in [7, 11) is 0. The van der Waals surface area contributed by atoms with Gasteiger partial charge in [-0.25, -0.2) is 8.78 Å². The Morgan fingerprint density at radius 1 is 1.14 bits per heavy atom. The molecule has 0 saturated carbocycles. The summed E-state index contributed by atoms with van der Waals surface area (Å²) in [6.45, 7) is 8.79. The monoisotopic (exact) mass is 298 g/mol. The molecule has 0 spiro atoms. The smallest absolute Gasteiger partial charge is 0.149 e. The van der Waals surface area contributed by atoms with Crippen molar-refractivity contribution in [1.29, 1.82) is 0 Å². The highest BCUT2D eigenvalue weighted by atomic mass is 19.1. The minimum Gasteiger partial charge on any atom is -0.380 e. The average Bonchev–Trinajstić information content (AvgIpc) is 2.64. The van der Waals surface area contributed by atoms with Crippen molar-refractivity contribution in [2.45, 2.75) is 39.3 Å². The van der Waals surface area contributed by atoms with Crippen LogP contribution in [0.25, 0.3) is 0 Å². The third kappa shape index (κ3) is 4.64. The van der Waals surface area contributed by atoms with Crippen LogP contribution < -0.4 is 10.2 Å². The fourth-order valence-electron chi connectivity index (χ4n) is 2.36. The average molecular weight is 298 g/mol. The molecule has 0 bridgehead atoms. The van der Waals surface area contributed by atoms with Gasteiger partial charge in [0.1, 0.15) is 17.3 Å². The zero-order valence-electron chi connectivity index (χ0n) is 13.0. The predicted octanol–water partition coefficient (Wildman–Crippen LogP) is 3.08. The summed E-state index contributed by atoms with van der Waals surface area (Å²) in [5, 5.41) is 3.23. The first-order valence-electron chi connectivity index (χ1n) is 7.42. The van der Waals surface area contributed by atoms with E-state index in [1.165, 1.54) is 12.1 Å². The molecule has 0 atom stereocenters. The van der Waals surface area contributed by atoms with Crippen molar-refractivity contribution in [1.82, 2.24) is 5.32 Å². The number of benzene rings is 1. The maximum atomic E-state index is 14.3. The minimum absolute atomic E-state index is 0.0695. The van der Waals surface area contributed by atoms with Crippen LogP contribution >= 0.6 is 0 Å². The Morgan fingerprint density at radius 3 is 2.43 bits per heavy atom. The lowest BCUT2D eigenvalue weighted by molar-refractivity contribution is 0.152. The van der Waals surface area contributed by atoms with Crippen LogP contribution in [0.5, 0.6) is 0 Å². The Morgan fingerprint density at radius 2 is 1.81 bits per heavy atom. The number of rotatable bonds is 3. The number of ether oxygens (including phenoxy) is 1. The number of nitrogens with one attached hydrogen (secondary N) is 1. The predicted molar refractivity (Wildman–Crippen MR) is 80.6 cm³/mol. The maximum Gasteiger partial charge on any atom is 0.149 e. The molecule has 3 nitrogen and oxygen atoms in total. The van der Waals surface area contributed by atoms with E-state index in [4.69, 9.17) is 4.74 Å². The molecule has 0 aromatic heterocycles. The lowest BCUT2D eigenvalue weighted by atomic mass is 10.1. The van der Waals surface area contributed by atoms with Crippen LogP contribution in [0.3, 0.4) is 0 Å². The highest BCUT2D eigenvalue weighted by Crippen LogP contribution is 2.26. The molecule has 1 aromatic rings. The molecule has 2 rings (SSSR count). The van der Waals surface area contributed by atoms with Gasteiger partial charge in [0.05, 0.1) is 6.61 Å². The Hall–Kier alpha value is -1.20. The Kier molecular flexibility index (Phi) is 5.17. The van der Waals surface area contributed by atoms with Crippen LogP contribution in [0.15, 0.2) is 12.1 Å². The molecule has 1 N–H and O–H groups in total. The molecule has 0 aliphatic carbocycles. The summed E-state index contributed by atoms with van der Waals surface area (Å²) in [5.41, 5.74) is 0.600. The van der Waals surface area contributed by atoms with Gasteiger partial charge in [-0.2, -0.15) is 0 Å². The van der Waals surface area contributed by atoms with Gasteiger partial charge in [-0.05, 0) is 44.9 Å². The van der Waals surface area contributed by atoms with E-state index in [0.29, 0.717) is 38.4 Å². The maximum absolute atomic E-state index is 14.3. The quantitative estimate of drug-likeness (QED) is 0.928. The van der Waals surface area contributed by atoms with Gasteiger partial charge < -0.3 is 15.0 Å². The van der Waals surface area contributed by atoms with Gasteiger partial charge in [-0.3, -0.25) is 0 Å². The highest BCUT2D eigenvalue weighted by molar-refractivity contribution is 5.51. The molecule has 0 radical (unpaired) electrons. The second-order valence-corrected chi connectivity index (χ2v) is 6.46. The molecule has 1 fully saturated rings.